The molecule has 0 aliphatic rings. The monoisotopic (exact) mass is 456 g/mol. The van der Waals surface area contributed by atoms with Gasteiger partial charge in [0.15, 0.2) is 0 Å². The van der Waals surface area contributed by atoms with Crippen molar-refractivity contribution in [3.05, 3.63) is 52.5 Å². The summed E-state index contributed by atoms with van der Waals surface area (Å²) in [5.74, 6) is -1.18. The number of anilines is 2. The maximum Gasteiger partial charge on any atom is 0.573 e. The summed E-state index contributed by atoms with van der Waals surface area (Å²) < 4.78 is 65.1. The zero-order chi connectivity index (χ0) is 21.1. The minimum Gasteiger partial charge on any atom is -0.406 e. The molecule has 0 heterocycles. The standard InChI is InChI=1S/C16H13Cl2F3N2O4S/c1-28(25,26)23(11-4-7-13(17)14(18)8-11)9-15(24)22-10-2-5-12(6-3-10)27-16(19,20)21/h2-8H,9H2,1H3,(H,22,24). The first-order valence-corrected chi connectivity index (χ1v) is 10.0. The molecule has 0 radical (unpaired) electrons. The first kappa shape index (κ1) is 22.1. The number of sulfonamides is 1. The molecule has 6 nitrogen and oxygen atoms in total. The third-order valence-corrected chi connectivity index (χ3v) is 5.13. The van der Waals surface area contributed by atoms with Crippen LogP contribution >= 0.6 is 23.2 Å². The molecule has 0 bridgehead atoms. The number of ether oxygens (including phenoxy) is 1. The van der Waals surface area contributed by atoms with Crippen molar-refractivity contribution in [3.8, 4) is 5.75 Å². The van der Waals surface area contributed by atoms with Gasteiger partial charge < -0.3 is 10.1 Å². The average Bonchev–Trinajstić information content (AvgIpc) is 2.55. The van der Waals surface area contributed by atoms with E-state index in [1.807, 2.05) is 0 Å². The minimum absolute atomic E-state index is 0.105. The summed E-state index contributed by atoms with van der Waals surface area (Å²) in [4.78, 5) is 12.2. The summed E-state index contributed by atoms with van der Waals surface area (Å²) in [7, 11) is -3.84. The summed E-state index contributed by atoms with van der Waals surface area (Å²) in [5.41, 5.74) is 0.281. The molecule has 12 heteroatoms. The van der Waals surface area contributed by atoms with E-state index < -0.39 is 34.6 Å². The van der Waals surface area contributed by atoms with Gasteiger partial charge >= 0.3 is 6.36 Å². The number of benzene rings is 2. The summed E-state index contributed by atoms with van der Waals surface area (Å²) in [6.07, 6.45) is -3.92. The average molecular weight is 457 g/mol. The summed E-state index contributed by atoms with van der Waals surface area (Å²) in [6, 6.07) is 8.45. The van der Waals surface area contributed by atoms with Crippen molar-refractivity contribution < 1.29 is 31.1 Å². The van der Waals surface area contributed by atoms with Gasteiger partial charge in [-0.2, -0.15) is 0 Å². The molecule has 0 atom stereocenters. The third kappa shape index (κ3) is 6.47. The van der Waals surface area contributed by atoms with Gasteiger partial charge in [-0.1, -0.05) is 23.2 Å². The lowest BCUT2D eigenvalue weighted by Gasteiger charge is -2.22. The number of nitrogens with zero attached hydrogens (tertiary/aromatic N) is 1. The molecule has 0 aliphatic heterocycles. The fourth-order valence-electron chi connectivity index (χ4n) is 2.11. The zero-order valence-corrected chi connectivity index (χ0v) is 16.5. The van der Waals surface area contributed by atoms with Gasteiger partial charge in [-0.25, -0.2) is 8.42 Å². The van der Waals surface area contributed by atoms with Crippen LogP contribution in [0.3, 0.4) is 0 Å². The van der Waals surface area contributed by atoms with E-state index in [-0.39, 0.29) is 21.4 Å². The molecule has 2 aromatic rings. The lowest BCUT2D eigenvalue weighted by Crippen LogP contribution is -2.37. The predicted octanol–water partition coefficient (Wildman–Crippen LogP) is 4.30. The molecule has 0 saturated carbocycles. The summed E-state index contributed by atoms with van der Waals surface area (Å²) in [6.45, 7) is -0.586. The minimum atomic E-state index is -4.83. The lowest BCUT2D eigenvalue weighted by atomic mass is 10.3. The second-order valence-corrected chi connectivity index (χ2v) is 8.21. The maximum absolute atomic E-state index is 12.2. The second kappa shape index (κ2) is 8.46. The number of carbonyl (C=O) groups is 1. The Labute approximate surface area is 168 Å². The third-order valence-electron chi connectivity index (χ3n) is 3.25. The van der Waals surface area contributed by atoms with Crippen molar-refractivity contribution >= 4 is 50.5 Å². The molecule has 1 N–H and O–H groups in total. The van der Waals surface area contributed by atoms with E-state index in [1.165, 1.54) is 30.3 Å². The molecule has 0 spiro atoms. The molecule has 28 heavy (non-hydrogen) atoms. The number of amides is 1. The number of nitrogens with one attached hydrogen (secondary N) is 1. The molecular formula is C16H13Cl2F3N2O4S. The Bertz CT molecular complexity index is 967. The largest absolute Gasteiger partial charge is 0.573 e. The van der Waals surface area contributed by atoms with Gasteiger partial charge in [0.1, 0.15) is 12.3 Å². The quantitative estimate of drug-likeness (QED) is 0.702. The van der Waals surface area contributed by atoms with E-state index in [4.69, 9.17) is 23.2 Å². The normalized spacial score (nSPS) is 11.8. The molecule has 152 valence electrons. The number of hydrogen-bond donors (Lipinski definition) is 1. The molecular weight excluding hydrogens is 444 g/mol. The molecule has 2 rings (SSSR count). The van der Waals surface area contributed by atoms with Crippen LogP contribution in [0.15, 0.2) is 42.5 Å². The smallest absolute Gasteiger partial charge is 0.406 e. The van der Waals surface area contributed by atoms with Crippen LogP contribution in [-0.2, 0) is 14.8 Å². The Morgan fingerprint density at radius 2 is 1.71 bits per heavy atom. The Kier molecular flexibility index (Phi) is 6.68. The van der Waals surface area contributed by atoms with Crippen LogP contribution in [0, 0.1) is 0 Å². The Morgan fingerprint density at radius 3 is 2.21 bits per heavy atom. The van der Waals surface area contributed by atoms with Gasteiger partial charge in [0, 0.05) is 5.69 Å². The van der Waals surface area contributed by atoms with Crippen molar-refractivity contribution in [2.45, 2.75) is 6.36 Å². The van der Waals surface area contributed by atoms with Crippen LogP contribution < -0.4 is 14.4 Å². The van der Waals surface area contributed by atoms with Gasteiger partial charge in [0.05, 0.1) is 22.0 Å². The van der Waals surface area contributed by atoms with Gasteiger partial charge in [-0.3, -0.25) is 9.10 Å². The van der Waals surface area contributed by atoms with Gasteiger partial charge in [-0.05, 0) is 42.5 Å². The number of alkyl halides is 3. The fourth-order valence-corrected chi connectivity index (χ4v) is 3.25. The highest BCUT2D eigenvalue weighted by Crippen LogP contribution is 2.28. The first-order valence-electron chi connectivity index (χ1n) is 7.43. The van der Waals surface area contributed by atoms with E-state index in [1.54, 1.807) is 0 Å². The number of halogens is 5. The van der Waals surface area contributed by atoms with Crippen molar-refractivity contribution in [3.63, 3.8) is 0 Å². The van der Waals surface area contributed by atoms with Crippen molar-refractivity contribution in [2.75, 3.05) is 22.4 Å². The Balaban J connectivity index is 2.13. The number of carbonyl (C=O) groups excluding carboxylic acids is 1. The van der Waals surface area contributed by atoms with Crippen LogP contribution in [0.25, 0.3) is 0 Å². The molecule has 0 saturated heterocycles. The highest BCUT2D eigenvalue weighted by Gasteiger charge is 2.31. The van der Waals surface area contributed by atoms with Gasteiger partial charge in [0.2, 0.25) is 15.9 Å². The molecule has 2 aromatic carbocycles. The Hall–Kier alpha value is -2.17. The predicted molar refractivity (Wildman–Crippen MR) is 100 cm³/mol. The first-order chi connectivity index (χ1) is 12.8. The maximum atomic E-state index is 12.2. The highest BCUT2D eigenvalue weighted by atomic mass is 35.5. The summed E-state index contributed by atoms with van der Waals surface area (Å²) in [5, 5.41) is 2.71. The lowest BCUT2D eigenvalue weighted by molar-refractivity contribution is -0.274. The molecule has 0 unspecified atom stereocenters. The van der Waals surface area contributed by atoms with E-state index >= 15 is 0 Å². The van der Waals surface area contributed by atoms with E-state index in [0.717, 1.165) is 22.7 Å². The van der Waals surface area contributed by atoms with Crippen molar-refractivity contribution in [2.24, 2.45) is 0 Å². The number of hydrogen-bond acceptors (Lipinski definition) is 4. The second-order valence-electron chi connectivity index (χ2n) is 5.49. The number of rotatable bonds is 6. The highest BCUT2D eigenvalue weighted by molar-refractivity contribution is 7.92. The van der Waals surface area contributed by atoms with Crippen LogP contribution in [0.4, 0.5) is 24.5 Å². The van der Waals surface area contributed by atoms with Gasteiger partial charge in [0.25, 0.3) is 0 Å². The van der Waals surface area contributed by atoms with E-state index in [2.05, 4.69) is 10.1 Å². The zero-order valence-electron chi connectivity index (χ0n) is 14.1. The fraction of sp³-hybridized carbons (Fsp3) is 0.188. The molecule has 0 aliphatic carbocycles. The van der Waals surface area contributed by atoms with Crippen molar-refractivity contribution in [1.82, 2.24) is 0 Å². The van der Waals surface area contributed by atoms with E-state index in [9.17, 15) is 26.4 Å². The Morgan fingerprint density at radius 1 is 1.11 bits per heavy atom. The van der Waals surface area contributed by atoms with Gasteiger partial charge in [-0.15, -0.1) is 13.2 Å². The summed E-state index contributed by atoms with van der Waals surface area (Å²) >= 11 is 11.7. The topological polar surface area (TPSA) is 75.7 Å². The van der Waals surface area contributed by atoms with Crippen LogP contribution in [0.2, 0.25) is 10.0 Å². The molecule has 1 amide bonds. The van der Waals surface area contributed by atoms with Crippen LogP contribution in [0.5, 0.6) is 5.75 Å². The van der Waals surface area contributed by atoms with E-state index in [0.29, 0.717) is 0 Å². The molecule has 0 fully saturated rings. The molecule has 0 aromatic heterocycles. The van der Waals surface area contributed by atoms with Crippen LogP contribution in [-0.4, -0.2) is 33.5 Å². The SMILES string of the molecule is CS(=O)(=O)N(CC(=O)Nc1ccc(OC(F)(F)F)cc1)c1ccc(Cl)c(Cl)c1. The van der Waals surface area contributed by atoms with Crippen molar-refractivity contribution in [1.29, 1.82) is 0 Å². The van der Waals surface area contributed by atoms with Crippen LogP contribution in [0.1, 0.15) is 0 Å².